The van der Waals surface area contributed by atoms with Gasteiger partial charge in [0, 0.05) is 25.7 Å². The summed E-state index contributed by atoms with van der Waals surface area (Å²) >= 11 is 0. The van der Waals surface area contributed by atoms with Crippen LogP contribution >= 0.6 is 0 Å². The zero-order valence-corrected chi connectivity index (χ0v) is 78.7. The molecule has 0 aromatic rings. The van der Waals surface area contributed by atoms with Crippen LogP contribution in [0.4, 0.5) is 0 Å². The average molecular weight is 1670 g/mol. The van der Waals surface area contributed by atoms with Crippen molar-refractivity contribution in [3.63, 3.8) is 0 Å². The number of carbonyl (C=O) groups is 7. The van der Waals surface area contributed by atoms with Crippen LogP contribution in [-0.2, 0) is 57.2 Å². The van der Waals surface area contributed by atoms with Gasteiger partial charge in [-0.2, -0.15) is 0 Å². The molecule has 4 aliphatic heterocycles. The first-order valence-corrected chi connectivity index (χ1v) is 50.6. The molecule has 20 rings (SSSR count). The van der Waals surface area contributed by atoms with Crippen LogP contribution in [0, 0.1) is 174 Å². The second-order valence-corrected chi connectivity index (χ2v) is 47.4. The first-order chi connectivity index (χ1) is 57.2. The molecule has 121 heavy (non-hydrogen) atoms. The smallest absolute Gasteiger partial charge is 0.317 e. The summed E-state index contributed by atoms with van der Waals surface area (Å²) in [4.78, 5) is 84.7. The van der Waals surface area contributed by atoms with Crippen molar-refractivity contribution in [2.24, 2.45) is 174 Å². The molecular formula is C107H160O14. The predicted octanol–water partition coefficient (Wildman–Crippen LogP) is 23.1. The normalized spacial score (nSPS) is 50.0. The minimum Gasteiger partial charge on any atom is -0.481 e. The summed E-state index contributed by atoms with van der Waals surface area (Å²) < 4.78 is 31.8. The molecule has 16 aliphatic carbocycles. The van der Waals surface area contributed by atoms with Crippen LogP contribution in [0.25, 0.3) is 0 Å². The fraction of sp³-hybridized carbons (Fsp3) is 0.860. The van der Waals surface area contributed by atoms with Crippen molar-refractivity contribution < 1.29 is 67.5 Å². The zero-order chi connectivity index (χ0) is 86.8. The lowest BCUT2D eigenvalue weighted by Gasteiger charge is -2.58. The van der Waals surface area contributed by atoms with Crippen molar-refractivity contribution in [3.8, 4) is 0 Å². The summed E-state index contributed by atoms with van der Waals surface area (Å²) in [6, 6.07) is 0. The summed E-state index contributed by atoms with van der Waals surface area (Å²) in [5, 5.41) is 18.8. The third kappa shape index (κ3) is 13.0. The van der Waals surface area contributed by atoms with Crippen molar-refractivity contribution >= 4 is 41.0 Å². The van der Waals surface area contributed by atoms with Crippen LogP contribution in [0.2, 0.25) is 0 Å². The number of esters is 1. The van der Waals surface area contributed by atoms with Gasteiger partial charge in [0.1, 0.15) is 22.4 Å². The zero-order valence-electron chi connectivity index (χ0n) is 78.7. The average Bonchev–Trinajstić information content (AvgIpc) is 1.52. The van der Waals surface area contributed by atoms with Crippen molar-refractivity contribution in [3.05, 3.63) is 46.6 Å². The number of carboxylic acids is 2. The lowest BCUT2D eigenvalue weighted by molar-refractivity contribution is -0.156. The number of rotatable bonds is 19. The summed E-state index contributed by atoms with van der Waals surface area (Å²) in [7, 11) is 0. The van der Waals surface area contributed by atoms with E-state index < -0.39 is 17.9 Å². The summed E-state index contributed by atoms with van der Waals surface area (Å²) in [5.74, 6) is 10.3. The van der Waals surface area contributed by atoms with Crippen molar-refractivity contribution in [2.45, 2.75) is 397 Å². The maximum absolute atomic E-state index is 12.4. The Labute approximate surface area is 728 Å². The number of carboxylic acid groups (broad SMARTS) is 2. The molecule has 0 spiro atoms. The fourth-order valence-electron chi connectivity index (χ4n) is 36.9. The molecule has 4 heterocycles. The number of carbonyl (C=O) groups excluding carboxylic acids is 5. The van der Waals surface area contributed by atoms with Gasteiger partial charge in [-0.25, -0.2) is 0 Å². The number of ether oxygens (including phenoxy) is 5. The van der Waals surface area contributed by atoms with Crippen LogP contribution in [0.1, 0.15) is 350 Å². The van der Waals surface area contributed by atoms with E-state index >= 15 is 0 Å². The number of hydrogen-bond acceptors (Lipinski definition) is 12. The van der Waals surface area contributed by atoms with Crippen molar-refractivity contribution in [2.75, 3.05) is 6.61 Å². The molecule has 2 N–H and O–H groups in total. The fourth-order valence-corrected chi connectivity index (χ4v) is 36.9. The molecule has 0 bridgehead atoms. The molecule has 37 atom stereocenters. The van der Waals surface area contributed by atoms with Gasteiger partial charge in [-0.05, 0) is 382 Å². The Morgan fingerprint density at radius 1 is 0.372 bits per heavy atom. The molecule has 0 aromatic carbocycles. The minimum absolute atomic E-state index is 0.0182. The number of ketones is 4. The maximum atomic E-state index is 12.4. The Bertz CT molecular complexity index is 4230. The summed E-state index contributed by atoms with van der Waals surface area (Å²) in [5.41, 5.74) is 6.66. The highest BCUT2D eigenvalue weighted by Crippen LogP contribution is 2.80. The SMILES string of the molecule is CCC[C@@H](C)C1CCC2C3C(CC[C@@]21C)[C@@]1(C)CCC(=O)C=C1[C@@]1(CC)O[C@@H]31.CCOC(=O)C(C)C[C@@H](C)C1CCC2C3C(CC[C@@]21C)[C@@]1(C)CCC(=O)C=C1[C@@]1(CC)O[C@@H]31.CC[C@@H](C)C1CCC2C3C(CC[C@@]21C)[C@@]1(C)CCC(=O)C=C1[C@@]1(CC)O[C@@H]31.CC[C@]12O[C@H]1C1C3CCC([C@H](C)CC(C(=O)O)C(=O)O)[C@@]3(C)CCC1[C@@]1(C)CCC(=O)C=C12. The van der Waals surface area contributed by atoms with Gasteiger partial charge in [-0.15, -0.1) is 0 Å². The third-order valence-electron chi connectivity index (χ3n) is 43.2. The maximum Gasteiger partial charge on any atom is 0.317 e. The Morgan fingerprint density at radius 3 is 0.901 bits per heavy atom. The molecule has 0 radical (unpaired) electrons. The van der Waals surface area contributed by atoms with Gasteiger partial charge in [0.15, 0.2) is 29.1 Å². The van der Waals surface area contributed by atoms with E-state index in [-0.39, 0.29) is 85.6 Å². The Balaban J connectivity index is 0.000000115. The summed E-state index contributed by atoms with van der Waals surface area (Å²) in [6.45, 7) is 47.6. The Morgan fingerprint density at radius 2 is 0.645 bits per heavy atom. The topological polar surface area (TPSA) is 219 Å². The van der Waals surface area contributed by atoms with Gasteiger partial charge >= 0.3 is 17.9 Å². The van der Waals surface area contributed by atoms with E-state index in [1.807, 2.05) is 38.2 Å². The van der Waals surface area contributed by atoms with Gasteiger partial charge in [0.05, 0.1) is 36.9 Å². The molecule has 20 aliphatic rings. The third-order valence-corrected chi connectivity index (χ3v) is 43.2. The molecule has 12 saturated carbocycles. The molecule has 0 amide bonds. The molecule has 14 nitrogen and oxygen atoms in total. The van der Waals surface area contributed by atoms with Gasteiger partial charge in [0.2, 0.25) is 0 Å². The molecule has 672 valence electrons. The number of aliphatic carboxylic acids is 2. The second-order valence-electron chi connectivity index (χ2n) is 47.4. The van der Waals surface area contributed by atoms with Crippen LogP contribution in [-0.4, -0.2) is 105 Å². The van der Waals surface area contributed by atoms with Crippen LogP contribution in [0.5, 0.6) is 0 Å². The first kappa shape index (κ1) is 88.9. The van der Waals surface area contributed by atoms with Crippen LogP contribution < -0.4 is 0 Å². The lowest BCUT2D eigenvalue weighted by atomic mass is 9.44. The largest absolute Gasteiger partial charge is 0.481 e. The molecule has 14 heteroatoms. The van der Waals surface area contributed by atoms with Crippen molar-refractivity contribution in [1.29, 1.82) is 0 Å². The Kier molecular flexibility index (Phi) is 22.8. The monoisotopic (exact) mass is 1670 g/mol. The van der Waals surface area contributed by atoms with Gasteiger partial charge in [0.25, 0.3) is 0 Å². The highest BCUT2D eigenvalue weighted by Gasteiger charge is 2.80. The van der Waals surface area contributed by atoms with E-state index in [0.29, 0.717) is 136 Å². The quantitative estimate of drug-likeness (QED) is 0.0698. The lowest BCUT2D eigenvalue weighted by Crippen LogP contribution is -2.56. The van der Waals surface area contributed by atoms with E-state index in [4.69, 9.17) is 23.7 Å². The molecule has 16 fully saturated rings. The van der Waals surface area contributed by atoms with E-state index in [1.165, 1.54) is 119 Å². The number of fused-ring (bicyclic) bond motifs is 32. The van der Waals surface area contributed by atoms with Gasteiger partial charge < -0.3 is 33.9 Å². The predicted molar refractivity (Wildman–Crippen MR) is 471 cm³/mol. The van der Waals surface area contributed by atoms with Gasteiger partial charge in [-0.3, -0.25) is 33.6 Å². The molecule has 4 saturated heterocycles. The molecular weight excluding hydrogens is 1510 g/mol. The molecule has 17 unspecified atom stereocenters. The minimum atomic E-state index is -1.33. The number of epoxide rings is 4. The Hall–Kier alpha value is -4.11. The van der Waals surface area contributed by atoms with Crippen molar-refractivity contribution in [1.82, 2.24) is 0 Å². The number of hydrogen-bond donors (Lipinski definition) is 2. The second kappa shape index (κ2) is 31.1. The standard InChI is InChI=1S/C29H44O4.C27H38O6.C26H40O2.C25H38O2/c1-7-29-23-16-19(30)11-13-28(23,6)22-12-14-27(5)20(9-10-21(27)24(22)25(29)33-29)17(3)15-18(4)26(31)32-8-2;1-5-27-20-13-15(28)8-10-26(20,4)19-9-11-25(3)17(6-7-18(25)21(19)22(27)33-27)14(2)12-16(23(29)30)24(31)32;1-6-8-16(3)18-9-10-19-22-20(12-14-24(18,19)4)25(5)13-11-17(27)15-21(25)26(7-2)23(22)28-26;1-6-15(3)17-8-9-18-21-19(11-13-23(17,18)4)24(5)12-10-16(26)14-20(24)25(7-2)22(21)27-25/h16-18,20-22,24-25H,7-15H2,1-6H3;13-14,16-19,21-22H,5-12H2,1-4H3,(H,29,30)(H,31,32);15-16,18-20,22-23H,6-14H2,1-5H3;14-15,17-19,21-22H,6-13H2,1-5H3/t17-,18?,20?,21?,22?,24?,25+,27-,28-,29-;14-,17?,18?,19?,21?,22+,25-,26-,27-;16-,18?,19?,20?,22?,23+,24-,25-,26-;15-,17?,18?,19?,21?,22+,23-,24-,25-/m1111/s1. The van der Waals surface area contributed by atoms with E-state index in [2.05, 4.69) is 125 Å². The van der Waals surface area contributed by atoms with Crippen LogP contribution in [0.15, 0.2) is 46.6 Å². The van der Waals surface area contributed by atoms with E-state index in [0.717, 1.165) is 144 Å². The van der Waals surface area contributed by atoms with E-state index in [1.54, 1.807) is 0 Å². The van der Waals surface area contributed by atoms with Crippen LogP contribution in [0.3, 0.4) is 0 Å². The molecule has 0 aromatic heterocycles. The highest BCUT2D eigenvalue weighted by atomic mass is 16.6. The summed E-state index contributed by atoms with van der Waals surface area (Å²) in [6.07, 6.45) is 45.6. The van der Waals surface area contributed by atoms with Gasteiger partial charge in [-0.1, -0.05) is 151 Å². The highest BCUT2D eigenvalue weighted by molar-refractivity contribution is 5.95. The van der Waals surface area contributed by atoms with E-state index in [9.17, 15) is 43.8 Å². The first-order valence-electron chi connectivity index (χ1n) is 50.6.